The minimum absolute atomic E-state index is 0.202. The highest BCUT2D eigenvalue weighted by molar-refractivity contribution is 6.31. The Morgan fingerprint density at radius 3 is 2.32 bits per heavy atom. The number of pyridine rings is 1. The normalized spacial score (nSPS) is 13.2. The summed E-state index contributed by atoms with van der Waals surface area (Å²) >= 11 is 12.6. The third kappa shape index (κ3) is 3.44. The second-order valence-corrected chi connectivity index (χ2v) is 9.22. The maximum atomic E-state index is 14.1. The van der Waals surface area contributed by atoms with Crippen LogP contribution in [0.25, 0.3) is 22.0 Å². The van der Waals surface area contributed by atoms with E-state index in [0.717, 1.165) is 27.6 Å². The van der Waals surface area contributed by atoms with Crippen molar-refractivity contribution in [3.05, 3.63) is 123 Å². The van der Waals surface area contributed by atoms with Gasteiger partial charge in [-0.2, -0.15) is 0 Å². The molecule has 0 bridgehead atoms. The largest absolute Gasteiger partial charge is 0.336 e. The van der Waals surface area contributed by atoms with Crippen molar-refractivity contribution in [3.63, 3.8) is 0 Å². The zero-order valence-corrected chi connectivity index (χ0v) is 20.2. The van der Waals surface area contributed by atoms with Crippen LogP contribution in [0.2, 0.25) is 10.0 Å². The van der Waals surface area contributed by atoms with E-state index in [4.69, 9.17) is 28.9 Å². The van der Waals surface area contributed by atoms with E-state index in [1.54, 1.807) is 36.3 Å². The number of nitrogens with zero attached hydrogens (tertiary/aromatic N) is 3. The average Bonchev–Trinajstić information content (AvgIpc) is 3.27. The number of benzene rings is 3. The molecule has 2 N–H and O–H groups in total. The Kier molecular flexibility index (Phi) is 5.56. The molecule has 0 aliphatic heterocycles. The van der Waals surface area contributed by atoms with Crippen LogP contribution >= 0.6 is 23.2 Å². The second kappa shape index (κ2) is 8.44. The fraction of sp³-hybridized carbons (Fsp3) is 0.111. The molecule has 0 saturated heterocycles. The molecule has 0 aliphatic rings. The van der Waals surface area contributed by atoms with Gasteiger partial charge in [0.1, 0.15) is 5.54 Å². The van der Waals surface area contributed by atoms with Crippen molar-refractivity contribution in [3.8, 4) is 11.1 Å². The zero-order valence-electron chi connectivity index (χ0n) is 18.7. The number of rotatable bonds is 4. The standard InChI is InChI=1S/C27H22Cl2N4O/c1-32-16-31-15-23(32)27(30,18-10-12-19(28)13-11-18)25-24(17-6-5-7-20(29)14-17)21-8-3-4-9-22(21)33(2)26(25)34/h3-16H,30H2,1-2H3. The topological polar surface area (TPSA) is 65.8 Å². The Balaban J connectivity index is 2.02. The van der Waals surface area contributed by atoms with E-state index in [-0.39, 0.29) is 5.56 Å². The molecule has 7 heteroatoms. The first-order valence-electron chi connectivity index (χ1n) is 10.7. The first-order valence-corrected chi connectivity index (χ1v) is 11.5. The predicted octanol–water partition coefficient (Wildman–Crippen LogP) is 5.50. The molecule has 0 aliphatic carbocycles. The van der Waals surface area contributed by atoms with Gasteiger partial charge in [0.05, 0.1) is 29.3 Å². The maximum Gasteiger partial charge on any atom is 0.257 e. The van der Waals surface area contributed by atoms with Crippen LogP contribution in [0.1, 0.15) is 16.8 Å². The van der Waals surface area contributed by atoms with Crippen molar-refractivity contribution >= 4 is 34.1 Å². The van der Waals surface area contributed by atoms with Crippen molar-refractivity contribution in [1.29, 1.82) is 0 Å². The third-order valence-electron chi connectivity index (χ3n) is 6.33. The molecule has 0 amide bonds. The van der Waals surface area contributed by atoms with Crippen LogP contribution in [0, 0.1) is 0 Å². The number of hydrogen-bond donors (Lipinski definition) is 1. The number of aromatic nitrogens is 3. The molecular formula is C27H22Cl2N4O. The van der Waals surface area contributed by atoms with Crippen molar-refractivity contribution < 1.29 is 0 Å². The minimum atomic E-state index is -1.33. The fourth-order valence-corrected chi connectivity index (χ4v) is 4.99. The summed E-state index contributed by atoms with van der Waals surface area (Å²) in [7, 11) is 3.63. The van der Waals surface area contributed by atoms with Crippen molar-refractivity contribution in [2.24, 2.45) is 19.8 Å². The summed E-state index contributed by atoms with van der Waals surface area (Å²) in [6, 6.07) is 22.5. The molecule has 0 fully saturated rings. The molecular weight excluding hydrogens is 467 g/mol. The smallest absolute Gasteiger partial charge is 0.257 e. The van der Waals surface area contributed by atoms with Crippen LogP contribution in [0.15, 0.2) is 90.1 Å². The Labute approximate surface area is 207 Å². The zero-order chi connectivity index (χ0) is 24.0. The fourth-order valence-electron chi connectivity index (χ4n) is 4.68. The van der Waals surface area contributed by atoms with Gasteiger partial charge in [-0.25, -0.2) is 4.98 Å². The summed E-state index contributed by atoms with van der Waals surface area (Å²) in [4.78, 5) is 18.5. The Hall–Kier alpha value is -3.38. The predicted molar refractivity (Wildman–Crippen MR) is 138 cm³/mol. The molecule has 0 spiro atoms. The van der Waals surface area contributed by atoms with Crippen molar-refractivity contribution in [1.82, 2.24) is 14.1 Å². The van der Waals surface area contributed by atoms with Gasteiger partial charge in [0.15, 0.2) is 0 Å². The minimum Gasteiger partial charge on any atom is -0.336 e. The van der Waals surface area contributed by atoms with E-state index in [2.05, 4.69) is 4.98 Å². The summed E-state index contributed by atoms with van der Waals surface area (Å²) in [6.45, 7) is 0. The Morgan fingerprint density at radius 2 is 1.65 bits per heavy atom. The van der Waals surface area contributed by atoms with E-state index < -0.39 is 5.54 Å². The van der Waals surface area contributed by atoms with Crippen LogP contribution in [0.4, 0.5) is 0 Å². The summed E-state index contributed by atoms with van der Waals surface area (Å²) in [5.41, 5.74) is 9.98. The highest BCUT2D eigenvalue weighted by Crippen LogP contribution is 2.41. The van der Waals surface area contributed by atoms with Crippen LogP contribution in [0.3, 0.4) is 0 Å². The summed E-state index contributed by atoms with van der Waals surface area (Å²) in [6.07, 6.45) is 3.38. The highest BCUT2D eigenvalue weighted by Gasteiger charge is 2.40. The summed E-state index contributed by atoms with van der Waals surface area (Å²) in [5.74, 6) is 0. The molecule has 3 aromatic carbocycles. The molecule has 170 valence electrons. The van der Waals surface area contributed by atoms with E-state index in [1.165, 1.54) is 0 Å². The van der Waals surface area contributed by atoms with E-state index in [1.807, 2.05) is 72.3 Å². The van der Waals surface area contributed by atoms with Crippen LogP contribution in [-0.2, 0) is 19.6 Å². The van der Waals surface area contributed by atoms with Gasteiger partial charge < -0.3 is 14.9 Å². The van der Waals surface area contributed by atoms with Crippen LogP contribution in [0.5, 0.6) is 0 Å². The lowest BCUT2D eigenvalue weighted by molar-refractivity contribution is 0.586. The number of fused-ring (bicyclic) bond motifs is 1. The van der Waals surface area contributed by atoms with Gasteiger partial charge in [-0.1, -0.05) is 65.7 Å². The maximum absolute atomic E-state index is 14.1. The lowest BCUT2D eigenvalue weighted by Gasteiger charge is -2.33. The van der Waals surface area contributed by atoms with Crippen molar-refractivity contribution in [2.45, 2.75) is 5.54 Å². The number of nitrogens with two attached hydrogens (primary N) is 1. The lowest BCUT2D eigenvalue weighted by atomic mass is 9.77. The molecule has 1 unspecified atom stereocenters. The van der Waals surface area contributed by atoms with Gasteiger partial charge in [0, 0.05) is 35.1 Å². The molecule has 2 heterocycles. The number of halogens is 2. The number of imidazole rings is 1. The van der Waals surface area contributed by atoms with Gasteiger partial charge in [-0.3, -0.25) is 4.79 Å². The molecule has 0 radical (unpaired) electrons. The monoisotopic (exact) mass is 488 g/mol. The highest BCUT2D eigenvalue weighted by atomic mass is 35.5. The molecule has 2 aromatic heterocycles. The molecule has 0 saturated carbocycles. The van der Waals surface area contributed by atoms with E-state index in [9.17, 15) is 4.79 Å². The van der Waals surface area contributed by atoms with Crippen LogP contribution in [-0.4, -0.2) is 14.1 Å². The summed E-state index contributed by atoms with van der Waals surface area (Å²) in [5, 5.41) is 2.05. The van der Waals surface area contributed by atoms with Gasteiger partial charge >= 0.3 is 0 Å². The van der Waals surface area contributed by atoms with Gasteiger partial charge in [-0.05, 0) is 41.5 Å². The quantitative estimate of drug-likeness (QED) is 0.363. The molecule has 5 nitrogen and oxygen atoms in total. The molecule has 1 atom stereocenters. The van der Waals surface area contributed by atoms with Gasteiger partial charge in [0.25, 0.3) is 5.56 Å². The average molecular weight is 489 g/mol. The third-order valence-corrected chi connectivity index (χ3v) is 6.82. The number of hydrogen-bond acceptors (Lipinski definition) is 3. The second-order valence-electron chi connectivity index (χ2n) is 8.35. The molecule has 5 rings (SSSR count). The van der Waals surface area contributed by atoms with Gasteiger partial charge in [0.2, 0.25) is 0 Å². The lowest BCUT2D eigenvalue weighted by Crippen LogP contribution is -2.46. The summed E-state index contributed by atoms with van der Waals surface area (Å²) < 4.78 is 3.48. The Morgan fingerprint density at radius 1 is 0.912 bits per heavy atom. The number of aryl methyl sites for hydroxylation is 2. The van der Waals surface area contributed by atoms with Gasteiger partial charge in [-0.15, -0.1) is 0 Å². The first kappa shape index (κ1) is 22.4. The first-order chi connectivity index (χ1) is 16.3. The van der Waals surface area contributed by atoms with E-state index >= 15 is 0 Å². The van der Waals surface area contributed by atoms with E-state index in [0.29, 0.717) is 21.3 Å². The molecule has 34 heavy (non-hydrogen) atoms. The SMILES string of the molecule is Cn1cncc1C(N)(c1ccc(Cl)cc1)c1c(-c2cccc(Cl)c2)c2ccccc2n(C)c1=O. The Bertz CT molecular complexity index is 1590. The van der Waals surface area contributed by atoms with Crippen LogP contribution < -0.4 is 11.3 Å². The van der Waals surface area contributed by atoms with Crippen molar-refractivity contribution in [2.75, 3.05) is 0 Å². The molecule has 5 aromatic rings. The number of para-hydroxylation sites is 1.